The molecular formula is C30H25ClN6O3S2. The Morgan fingerprint density at radius 1 is 1.10 bits per heavy atom. The van der Waals surface area contributed by atoms with Crippen LogP contribution in [0.15, 0.2) is 99.1 Å². The zero-order valence-electron chi connectivity index (χ0n) is 22.4. The highest BCUT2D eigenvalue weighted by Crippen LogP contribution is 2.35. The fourth-order valence-corrected chi connectivity index (χ4v) is 6.34. The molecule has 1 aliphatic heterocycles. The predicted molar refractivity (Wildman–Crippen MR) is 163 cm³/mol. The van der Waals surface area contributed by atoms with E-state index in [9.17, 15) is 9.59 Å². The van der Waals surface area contributed by atoms with Gasteiger partial charge in [-0.05, 0) is 54.3 Å². The van der Waals surface area contributed by atoms with Gasteiger partial charge in [-0.1, -0.05) is 65.3 Å². The standard InChI is InChI=1S/C30H25ClN6O3S2/c1-19-9-11-20(12-10-19)24-16-23(26-8-4-14-41-26)35-37(24)28(38)18-42-30-34-33-27(17-32-29(39)25-7-3-13-40-25)36(30)22-6-2-5-21(31)15-22/h2-15,24H,16-18H2,1H3,(H,32,39)/t24-/m1/s1. The molecule has 2 aromatic carbocycles. The van der Waals surface area contributed by atoms with Crippen LogP contribution >= 0.6 is 34.7 Å². The summed E-state index contributed by atoms with van der Waals surface area (Å²) in [4.78, 5) is 27.2. The summed E-state index contributed by atoms with van der Waals surface area (Å²) in [6, 6.07) is 22.5. The number of carbonyl (C=O) groups is 2. The molecule has 0 fully saturated rings. The summed E-state index contributed by atoms with van der Waals surface area (Å²) in [6.45, 7) is 2.13. The van der Waals surface area contributed by atoms with Crippen molar-refractivity contribution in [2.24, 2.45) is 5.10 Å². The number of rotatable bonds is 9. The highest BCUT2D eigenvalue weighted by molar-refractivity contribution is 7.99. The molecule has 0 aliphatic carbocycles. The van der Waals surface area contributed by atoms with Crippen molar-refractivity contribution in [1.82, 2.24) is 25.1 Å². The van der Waals surface area contributed by atoms with Crippen molar-refractivity contribution in [3.05, 3.63) is 117 Å². The highest BCUT2D eigenvalue weighted by Gasteiger charge is 2.33. The van der Waals surface area contributed by atoms with Crippen LogP contribution in [-0.2, 0) is 11.3 Å². The van der Waals surface area contributed by atoms with Gasteiger partial charge in [-0.15, -0.1) is 21.5 Å². The summed E-state index contributed by atoms with van der Waals surface area (Å²) >= 11 is 9.16. The van der Waals surface area contributed by atoms with Crippen molar-refractivity contribution in [3.63, 3.8) is 0 Å². The fourth-order valence-electron chi connectivity index (χ4n) is 4.61. The third-order valence-corrected chi connectivity index (χ3v) is 8.74. The number of benzene rings is 2. The number of hydrogen-bond acceptors (Lipinski definition) is 8. The van der Waals surface area contributed by atoms with Crippen LogP contribution < -0.4 is 5.32 Å². The smallest absolute Gasteiger partial charge is 0.287 e. The van der Waals surface area contributed by atoms with E-state index in [0.717, 1.165) is 21.7 Å². The largest absolute Gasteiger partial charge is 0.459 e. The second-order valence-corrected chi connectivity index (χ2v) is 11.9. The van der Waals surface area contributed by atoms with Gasteiger partial charge in [0.1, 0.15) is 0 Å². The average molecular weight is 617 g/mol. The molecule has 0 saturated carbocycles. The van der Waals surface area contributed by atoms with Crippen LogP contribution in [-0.4, -0.2) is 43.1 Å². The number of amides is 2. The topological polar surface area (TPSA) is 106 Å². The SMILES string of the molecule is Cc1ccc([C@H]2CC(c3cccs3)=NN2C(=O)CSc2nnc(CNC(=O)c3ccco3)n2-c2cccc(Cl)c2)cc1. The third kappa shape index (κ3) is 6.03. The first kappa shape index (κ1) is 28.0. The Hall–Kier alpha value is -4.19. The number of halogens is 1. The molecule has 5 aromatic rings. The lowest BCUT2D eigenvalue weighted by molar-refractivity contribution is -0.130. The monoisotopic (exact) mass is 616 g/mol. The summed E-state index contributed by atoms with van der Waals surface area (Å²) in [5.74, 6) is 0.233. The van der Waals surface area contributed by atoms with Crippen molar-refractivity contribution >= 4 is 52.2 Å². The molecule has 3 aromatic heterocycles. The van der Waals surface area contributed by atoms with Crippen LogP contribution in [0.25, 0.3) is 5.69 Å². The molecular weight excluding hydrogens is 592 g/mol. The quantitative estimate of drug-likeness (QED) is 0.195. The lowest BCUT2D eigenvalue weighted by Gasteiger charge is -2.22. The molecule has 4 heterocycles. The average Bonchev–Trinajstić information content (AvgIpc) is 3.81. The van der Waals surface area contributed by atoms with E-state index in [2.05, 4.69) is 39.8 Å². The highest BCUT2D eigenvalue weighted by atomic mass is 35.5. The number of hydrogen-bond donors (Lipinski definition) is 1. The Labute approximate surface area is 255 Å². The molecule has 0 spiro atoms. The molecule has 1 aliphatic rings. The van der Waals surface area contributed by atoms with E-state index in [1.54, 1.807) is 45.2 Å². The molecule has 0 unspecified atom stereocenters. The minimum absolute atomic E-state index is 0.0844. The van der Waals surface area contributed by atoms with Crippen molar-refractivity contribution in [2.75, 3.05) is 5.75 Å². The minimum atomic E-state index is -0.374. The summed E-state index contributed by atoms with van der Waals surface area (Å²) in [5, 5.41) is 20.9. The van der Waals surface area contributed by atoms with Crippen molar-refractivity contribution in [1.29, 1.82) is 0 Å². The first-order valence-corrected chi connectivity index (χ1v) is 15.4. The molecule has 9 nitrogen and oxygen atoms in total. The fraction of sp³-hybridized carbons (Fsp3) is 0.167. The molecule has 212 valence electrons. The molecule has 42 heavy (non-hydrogen) atoms. The number of aryl methyl sites for hydroxylation is 1. The molecule has 0 saturated heterocycles. The lowest BCUT2D eigenvalue weighted by atomic mass is 10.00. The Morgan fingerprint density at radius 3 is 2.69 bits per heavy atom. The van der Waals surface area contributed by atoms with Crippen LogP contribution in [0.4, 0.5) is 0 Å². The molecule has 1 N–H and O–H groups in total. The molecule has 1 atom stereocenters. The second-order valence-electron chi connectivity index (χ2n) is 9.56. The van der Waals surface area contributed by atoms with Crippen LogP contribution in [0.2, 0.25) is 5.02 Å². The molecule has 0 radical (unpaired) electrons. The van der Waals surface area contributed by atoms with Crippen LogP contribution in [0.3, 0.4) is 0 Å². The van der Waals surface area contributed by atoms with E-state index in [0.29, 0.717) is 28.1 Å². The van der Waals surface area contributed by atoms with Gasteiger partial charge in [0.2, 0.25) is 0 Å². The predicted octanol–water partition coefficient (Wildman–Crippen LogP) is 6.28. The normalized spacial score (nSPS) is 14.7. The summed E-state index contributed by atoms with van der Waals surface area (Å²) in [6.07, 6.45) is 2.07. The third-order valence-electron chi connectivity index (χ3n) is 6.68. The van der Waals surface area contributed by atoms with Crippen LogP contribution in [0.1, 0.15) is 44.8 Å². The number of carbonyl (C=O) groups excluding carboxylic acids is 2. The maximum Gasteiger partial charge on any atom is 0.287 e. The van der Waals surface area contributed by atoms with Gasteiger partial charge in [0.15, 0.2) is 16.7 Å². The number of nitrogens with zero attached hydrogens (tertiary/aromatic N) is 5. The van der Waals surface area contributed by atoms with E-state index in [1.807, 2.05) is 36.6 Å². The van der Waals surface area contributed by atoms with Crippen LogP contribution in [0, 0.1) is 6.92 Å². The van der Waals surface area contributed by atoms with E-state index in [1.165, 1.54) is 18.0 Å². The van der Waals surface area contributed by atoms with Gasteiger partial charge in [0.05, 0.1) is 40.9 Å². The van der Waals surface area contributed by atoms with E-state index in [4.69, 9.17) is 21.1 Å². The number of aromatic nitrogens is 3. The molecule has 2 amide bonds. The van der Waals surface area contributed by atoms with Crippen molar-refractivity contribution < 1.29 is 14.0 Å². The second kappa shape index (κ2) is 12.4. The summed E-state index contributed by atoms with van der Waals surface area (Å²) in [5.41, 5.74) is 3.79. The number of thiophene rings is 1. The number of thioether (sulfide) groups is 1. The Balaban J connectivity index is 1.24. The maximum atomic E-state index is 13.7. The minimum Gasteiger partial charge on any atom is -0.459 e. The zero-order chi connectivity index (χ0) is 29.1. The summed E-state index contributed by atoms with van der Waals surface area (Å²) < 4.78 is 6.97. The Bertz CT molecular complexity index is 1730. The van der Waals surface area contributed by atoms with Gasteiger partial charge in [-0.25, -0.2) is 5.01 Å². The lowest BCUT2D eigenvalue weighted by Crippen LogP contribution is -2.28. The Morgan fingerprint density at radius 2 is 1.95 bits per heavy atom. The first-order chi connectivity index (χ1) is 20.5. The zero-order valence-corrected chi connectivity index (χ0v) is 24.8. The number of hydrazone groups is 1. The van der Waals surface area contributed by atoms with Crippen molar-refractivity contribution in [3.8, 4) is 5.69 Å². The van der Waals surface area contributed by atoms with Crippen molar-refractivity contribution in [2.45, 2.75) is 31.1 Å². The molecule has 6 rings (SSSR count). The van der Waals surface area contributed by atoms with Crippen LogP contribution in [0.5, 0.6) is 0 Å². The van der Waals surface area contributed by atoms with Gasteiger partial charge >= 0.3 is 0 Å². The number of furan rings is 1. The van der Waals surface area contributed by atoms with Gasteiger partial charge in [-0.2, -0.15) is 5.10 Å². The number of nitrogens with one attached hydrogen (secondary N) is 1. The Kier molecular flexibility index (Phi) is 8.22. The van der Waals surface area contributed by atoms with Gasteiger partial charge in [0.25, 0.3) is 11.8 Å². The first-order valence-electron chi connectivity index (χ1n) is 13.1. The van der Waals surface area contributed by atoms with E-state index >= 15 is 0 Å². The van der Waals surface area contributed by atoms with E-state index in [-0.39, 0.29) is 35.9 Å². The summed E-state index contributed by atoms with van der Waals surface area (Å²) in [7, 11) is 0. The van der Waals surface area contributed by atoms with Gasteiger partial charge < -0.3 is 9.73 Å². The molecule has 12 heteroatoms. The maximum absolute atomic E-state index is 13.7. The van der Waals surface area contributed by atoms with E-state index < -0.39 is 0 Å². The van der Waals surface area contributed by atoms with Gasteiger partial charge in [-0.3, -0.25) is 14.2 Å². The van der Waals surface area contributed by atoms with Gasteiger partial charge in [0, 0.05) is 11.4 Å². The molecule has 0 bridgehead atoms.